The lowest BCUT2D eigenvalue weighted by Crippen LogP contribution is -2.25. The van der Waals surface area contributed by atoms with Crippen molar-refractivity contribution in [1.29, 1.82) is 0 Å². The molecule has 5 rings (SSSR count). The first-order chi connectivity index (χ1) is 17.3. The molecule has 0 aliphatic rings. The van der Waals surface area contributed by atoms with Gasteiger partial charge in [-0.25, -0.2) is 14.4 Å². The normalized spacial score (nSPS) is 12.0. The molecule has 0 fully saturated rings. The molecule has 0 aliphatic heterocycles. The van der Waals surface area contributed by atoms with Crippen molar-refractivity contribution >= 4 is 23.2 Å². The maximum absolute atomic E-state index is 14.3. The van der Waals surface area contributed by atoms with Crippen LogP contribution in [0.5, 0.6) is 0 Å². The third-order valence-electron chi connectivity index (χ3n) is 5.74. The van der Waals surface area contributed by atoms with Gasteiger partial charge in [0.05, 0.1) is 34.3 Å². The predicted octanol–water partition coefficient (Wildman–Crippen LogP) is 4.25. The maximum atomic E-state index is 14.3. The summed E-state index contributed by atoms with van der Waals surface area (Å²) < 4.78 is 19.2. The molecule has 4 heterocycles. The Morgan fingerprint density at radius 3 is 2.56 bits per heavy atom. The van der Waals surface area contributed by atoms with Crippen LogP contribution in [0.25, 0.3) is 11.3 Å². The monoisotopic (exact) mass is 504 g/mol. The Hall–Kier alpha value is -4.31. The Balaban J connectivity index is 1.52. The van der Waals surface area contributed by atoms with E-state index >= 15 is 0 Å². The zero-order valence-electron chi connectivity index (χ0n) is 19.7. The van der Waals surface area contributed by atoms with Gasteiger partial charge in [-0.1, -0.05) is 17.7 Å². The van der Waals surface area contributed by atoms with Gasteiger partial charge in [-0.3, -0.25) is 14.2 Å². The number of anilines is 2. The van der Waals surface area contributed by atoms with E-state index in [2.05, 4.69) is 25.5 Å². The lowest BCUT2D eigenvalue weighted by molar-refractivity contribution is 0.609. The number of nitrogens with zero attached hydrogens (tertiary/aromatic N) is 7. The fourth-order valence-corrected chi connectivity index (χ4v) is 4.18. The van der Waals surface area contributed by atoms with E-state index in [1.165, 1.54) is 22.8 Å². The van der Waals surface area contributed by atoms with Crippen LogP contribution in [-0.4, -0.2) is 34.1 Å². The van der Waals surface area contributed by atoms with Gasteiger partial charge in [0.15, 0.2) is 0 Å². The van der Waals surface area contributed by atoms with Crippen molar-refractivity contribution in [2.45, 2.75) is 13.0 Å². The average Bonchev–Trinajstić information content (AvgIpc) is 3.41. The summed E-state index contributed by atoms with van der Waals surface area (Å²) in [5.74, 6) is -0.171. The van der Waals surface area contributed by atoms with Crippen LogP contribution in [0.1, 0.15) is 22.9 Å². The summed E-state index contributed by atoms with van der Waals surface area (Å²) in [6, 6.07) is 8.94. The van der Waals surface area contributed by atoms with E-state index in [4.69, 9.17) is 11.6 Å². The zero-order chi connectivity index (χ0) is 25.4. The van der Waals surface area contributed by atoms with Crippen LogP contribution in [0.15, 0.2) is 72.2 Å². The number of benzene rings is 1. The van der Waals surface area contributed by atoms with E-state index in [9.17, 15) is 9.18 Å². The van der Waals surface area contributed by atoms with Crippen LogP contribution >= 0.6 is 11.6 Å². The van der Waals surface area contributed by atoms with E-state index in [1.807, 2.05) is 20.2 Å². The summed E-state index contributed by atoms with van der Waals surface area (Å²) in [5.41, 5.74) is 3.82. The highest BCUT2D eigenvalue weighted by Crippen LogP contribution is 2.29. The molecule has 9 nitrogen and oxygen atoms in total. The van der Waals surface area contributed by atoms with Crippen LogP contribution in [0.4, 0.5) is 16.0 Å². The molecule has 0 amide bonds. The quantitative estimate of drug-likeness (QED) is 0.371. The van der Waals surface area contributed by atoms with Gasteiger partial charge in [0.2, 0.25) is 5.95 Å². The summed E-state index contributed by atoms with van der Waals surface area (Å²) in [6.07, 6.45) is 8.57. The van der Waals surface area contributed by atoms with Gasteiger partial charge in [0.1, 0.15) is 5.82 Å². The average molecular weight is 505 g/mol. The Kier molecular flexibility index (Phi) is 6.11. The highest BCUT2D eigenvalue weighted by atomic mass is 35.5. The van der Waals surface area contributed by atoms with Crippen molar-refractivity contribution in [3.63, 3.8) is 0 Å². The minimum Gasteiger partial charge on any atom is -0.321 e. The second-order valence-electron chi connectivity index (χ2n) is 8.38. The van der Waals surface area contributed by atoms with E-state index in [0.717, 1.165) is 16.9 Å². The van der Waals surface area contributed by atoms with Crippen LogP contribution in [0.2, 0.25) is 5.02 Å². The molecular formula is C25H22ClFN8O. The number of aryl methyl sites for hydroxylation is 3. The third kappa shape index (κ3) is 4.63. The van der Waals surface area contributed by atoms with Gasteiger partial charge in [0.25, 0.3) is 5.56 Å². The fraction of sp³-hybridized carbons (Fsp3) is 0.160. The smallest absolute Gasteiger partial charge is 0.252 e. The van der Waals surface area contributed by atoms with Gasteiger partial charge < -0.3 is 9.88 Å². The summed E-state index contributed by atoms with van der Waals surface area (Å²) in [5, 5.41) is 11.7. The highest BCUT2D eigenvalue weighted by molar-refractivity contribution is 6.30. The number of hydrogen-bond donors (Lipinski definition) is 1. The minimum atomic E-state index is -0.594. The molecule has 0 saturated carbocycles. The van der Waals surface area contributed by atoms with Crippen molar-refractivity contribution in [3.05, 3.63) is 105 Å². The van der Waals surface area contributed by atoms with Crippen LogP contribution in [-0.2, 0) is 14.1 Å². The number of aromatic nitrogens is 7. The SMILES string of the molecule is Cc1nn(C)cc1Nc1nccc(-c2ccn(C(c3ccc(Cl)c(F)c3)c3cnn(C)c3)c(=O)c2)n1. The van der Waals surface area contributed by atoms with E-state index < -0.39 is 11.9 Å². The fourth-order valence-electron chi connectivity index (χ4n) is 4.06. The molecule has 36 heavy (non-hydrogen) atoms. The summed E-state index contributed by atoms with van der Waals surface area (Å²) >= 11 is 5.89. The molecule has 11 heteroatoms. The maximum Gasteiger partial charge on any atom is 0.252 e. The molecule has 1 unspecified atom stereocenters. The lowest BCUT2D eigenvalue weighted by atomic mass is 10.0. The lowest BCUT2D eigenvalue weighted by Gasteiger charge is -2.20. The van der Waals surface area contributed by atoms with Crippen molar-refractivity contribution in [2.75, 3.05) is 5.32 Å². The predicted molar refractivity (Wildman–Crippen MR) is 135 cm³/mol. The number of halogens is 2. The second kappa shape index (κ2) is 9.38. The Morgan fingerprint density at radius 1 is 1.06 bits per heavy atom. The number of pyridine rings is 1. The van der Waals surface area contributed by atoms with Gasteiger partial charge >= 0.3 is 0 Å². The van der Waals surface area contributed by atoms with Gasteiger partial charge in [-0.15, -0.1) is 0 Å². The zero-order valence-corrected chi connectivity index (χ0v) is 20.5. The largest absolute Gasteiger partial charge is 0.321 e. The molecule has 0 radical (unpaired) electrons. The van der Waals surface area contributed by atoms with Crippen LogP contribution in [0.3, 0.4) is 0 Å². The molecule has 0 spiro atoms. The molecule has 1 atom stereocenters. The summed E-state index contributed by atoms with van der Waals surface area (Å²) in [7, 11) is 3.62. The molecule has 0 aliphatic carbocycles. The molecule has 1 N–H and O–H groups in total. The topological polar surface area (TPSA) is 95.5 Å². The molecule has 5 aromatic rings. The first kappa shape index (κ1) is 23.4. The van der Waals surface area contributed by atoms with E-state index in [1.54, 1.807) is 59.4 Å². The van der Waals surface area contributed by atoms with Crippen molar-refractivity contribution in [3.8, 4) is 11.3 Å². The first-order valence-corrected chi connectivity index (χ1v) is 11.4. The van der Waals surface area contributed by atoms with Crippen molar-refractivity contribution in [1.82, 2.24) is 34.1 Å². The second-order valence-corrected chi connectivity index (χ2v) is 8.78. The van der Waals surface area contributed by atoms with E-state index in [0.29, 0.717) is 22.8 Å². The first-order valence-electron chi connectivity index (χ1n) is 11.0. The van der Waals surface area contributed by atoms with Crippen LogP contribution < -0.4 is 10.9 Å². The van der Waals surface area contributed by atoms with Crippen LogP contribution in [0, 0.1) is 12.7 Å². The summed E-state index contributed by atoms with van der Waals surface area (Å²) in [4.78, 5) is 22.2. The molecule has 0 saturated heterocycles. The Bertz CT molecular complexity index is 1620. The van der Waals surface area contributed by atoms with Gasteiger partial charge in [-0.05, 0) is 36.8 Å². The van der Waals surface area contributed by atoms with E-state index in [-0.39, 0.29) is 10.6 Å². The molecule has 4 aromatic heterocycles. The van der Waals surface area contributed by atoms with Gasteiger partial charge in [-0.2, -0.15) is 10.2 Å². The third-order valence-corrected chi connectivity index (χ3v) is 6.04. The number of hydrogen-bond acceptors (Lipinski definition) is 6. The van der Waals surface area contributed by atoms with Gasteiger partial charge in [0, 0.05) is 56.1 Å². The van der Waals surface area contributed by atoms with Crippen molar-refractivity contribution < 1.29 is 4.39 Å². The summed E-state index contributed by atoms with van der Waals surface area (Å²) in [6.45, 7) is 1.89. The molecule has 182 valence electrons. The van der Waals surface area contributed by atoms with Crippen molar-refractivity contribution in [2.24, 2.45) is 14.1 Å². The Labute approximate surface area is 210 Å². The molecule has 0 bridgehead atoms. The molecular weight excluding hydrogens is 483 g/mol. The number of rotatable bonds is 6. The number of nitrogens with one attached hydrogen (secondary N) is 1. The Morgan fingerprint density at radius 2 is 1.89 bits per heavy atom. The standard InChI is InChI=1S/C25H22ClFN8O/c1-15-22(14-34(3)32-15)31-25-28-8-6-21(30-25)16-7-9-35(23(36)11-16)24(18-12-29-33(2)13-18)17-4-5-19(26)20(27)10-17/h4-14,24H,1-3H3,(H,28,30,31). The highest BCUT2D eigenvalue weighted by Gasteiger charge is 2.21. The molecule has 1 aromatic carbocycles. The minimum absolute atomic E-state index is 0.0148.